The number of hydrogen-bond donors (Lipinski definition) is 2. The Balaban J connectivity index is 1.29. The van der Waals surface area contributed by atoms with Gasteiger partial charge in [-0.15, -0.1) is 0 Å². The van der Waals surface area contributed by atoms with Gasteiger partial charge in [0.25, 0.3) is 0 Å². The highest BCUT2D eigenvalue weighted by atomic mass is 19.1. The number of benzene rings is 3. The molecule has 11 nitrogen and oxygen atoms in total. The summed E-state index contributed by atoms with van der Waals surface area (Å²) in [5.41, 5.74) is 1.84. The molecule has 0 radical (unpaired) electrons. The van der Waals surface area contributed by atoms with Crippen LogP contribution in [0, 0.1) is 11.2 Å². The normalized spacial score (nSPS) is 19.5. The molecule has 0 saturated carbocycles. The van der Waals surface area contributed by atoms with Crippen LogP contribution in [0.2, 0.25) is 0 Å². The Morgan fingerprint density at radius 3 is 2.12 bits per heavy atom. The summed E-state index contributed by atoms with van der Waals surface area (Å²) >= 11 is 0. The SMILES string of the molecule is C[C@@H](C(=O)NC(C(=O)N1CC[C@@H]2[C@H]1[C@@H](OCc1ccc(F)cc1)CN2C(=O)NCc1ccccc1)C(C)(C)C)N(C)C(=O)OCc1ccccc1. The minimum absolute atomic E-state index is 0.0602. The molecule has 5 atom stereocenters. The maximum absolute atomic E-state index is 14.5. The summed E-state index contributed by atoms with van der Waals surface area (Å²) < 4.78 is 25.4. The van der Waals surface area contributed by atoms with Crippen LogP contribution in [-0.4, -0.2) is 89.0 Å². The van der Waals surface area contributed by atoms with Crippen LogP contribution < -0.4 is 10.6 Å². The van der Waals surface area contributed by atoms with Gasteiger partial charge in [0.05, 0.1) is 31.3 Å². The number of rotatable bonds is 11. The predicted octanol–water partition coefficient (Wildman–Crippen LogP) is 5.09. The third-order valence-corrected chi connectivity index (χ3v) is 9.64. The van der Waals surface area contributed by atoms with E-state index in [4.69, 9.17) is 9.47 Å². The molecule has 2 aliphatic rings. The van der Waals surface area contributed by atoms with Gasteiger partial charge in [0, 0.05) is 20.1 Å². The molecule has 2 N–H and O–H groups in total. The molecule has 2 fully saturated rings. The maximum Gasteiger partial charge on any atom is 0.410 e. The summed E-state index contributed by atoms with van der Waals surface area (Å²) in [6, 6.07) is 21.9. The topological polar surface area (TPSA) is 121 Å². The smallest absolute Gasteiger partial charge is 0.410 e. The van der Waals surface area contributed by atoms with Crippen molar-refractivity contribution >= 4 is 23.9 Å². The summed E-state index contributed by atoms with van der Waals surface area (Å²) in [4.78, 5) is 59.1. The molecule has 12 heteroatoms. The lowest BCUT2D eigenvalue weighted by molar-refractivity contribution is -0.143. The molecule has 5 amide bonds. The molecule has 2 heterocycles. The lowest BCUT2D eigenvalue weighted by atomic mass is 9.85. The first-order valence-electron chi connectivity index (χ1n) is 17.3. The van der Waals surface area contributed by atoms with Crippen molar-refractivity contribution in [2.75, 3.05) is 20.1 Å². The van der Waals surface area contributed by atoms with Crippen LogP contribution in [0.5, 0.6) is 0 Å². The second-order valence-corrected chi connectivity index (χ2v) is 14.3. The number of urea groups is 1. The van der Waals surface area contributed by atoms with Gasteiger partial charge < -0.3 is 29.9 Å². The van der Waals surface area contributed by atoms with Crippen molar-refractivity contribution in [3.63, 3.8) is 0 Å². The molecule has 3 aromatic rings. The van der Waals surface area contributed by atoms with E-state index in [2.05, 4.69) is 10.6 Å². The summed E-state index contributed by atoms with van der Waals surface area (Å²) in [6.45, 7) is 8.37. The van der Waals surface area contributed by atoms with Gasteiger partial charge in [0.15, 0.2) is 0 Å². The zero-order chi connectivity index (χ0) is 36.7. The summed E-state index contributed by atoms with van der Waals surface area (Å²) in [5, 5.41) is 5.93. The maximum atomic E-state index is 14.5. The zero-order valence-electron chi connectivity index (χ0n) is 29.9. The first kappa shape index (κ1) is 37.3. The van der Waals surface area contributed by atoms with E-state index in [1.165, 1.54) is 24.1 Å². The predicted molar refractivity (Wildman–Crippen MR) is 190 cm³/mol. The molecule has 51 heavy (non-hydrogen) atoms. The fourth-order valence-electron chi connectivity index (χ4n) is 6.56. The molecule has 0 aliphatic carbocycles. The lowest BCUT2D eigenvalue weighted by Gasteiger charge is -2.37. The number of carbonyl (C=O) groups is 4. The van der Waals surface area contributed by atoms with E-state index < -0.39 is 41.6 Å². The average Bonchev–Trinajstić information content (AvgIpc) is 3.72. The first-order chi connectivity index (χ1) is 24.3. The van der Waals surface area contributed by atoms with Crippen molar-refractivity contribution in [1.29, 1.82) is 0 Å². The number of amides is 5. The highest BCUT2D eigenvalue weighted by molar-refractivity contribution is 5.92. The Morgan fingerprint density at radius 1 is 0.882 bits per heavy atom. The van der Waals surface area contributed by atoms with E-state index in [1.807, 2.05) is 81.4 Å². The van der Waals surface area contributed by atoms with Gasteiger partial charge in [-0.05, 0) is 47.6 Å². The number of nitrogens with zero attached hydrogens (tertiary/aromatic N) is 3. The summed E-state index contributed by atoms with van der Waals surface area (Å²) in [5.74, 6) is -1.16. The van der Waals surface area contributed by atoms with Crippen LogP contribution in [0.3, 0.4) is 0 Å². The van der Waals surface area contributed by atoms with Gasteiger partial charge in [-0.3, -0.25) is 14.5 Å². The molecule has 0 bridgehead atoms. The van der Waals surface area contributed by atoms with Gasteiger partial charge in [0.2, 0.25) is 11.8 Å². The second-order valence-electron chi connectivity index (χ2n) is 14.3. The lowest BCUT2D eigenvalue weighted by Crippen LogP contribution is -2.60. The molecule has 2 saturated heterocycles. The first-order valence-corrected chi connectivity index (χ1v) is 17.3. The second kappa shape index (κ2) is 16.4. The van der Waals surface area contributed by atoms with E-state index in [9.17, 15) is 23.6 Å². The van der Waals surface area contributed by atoms with E-state index in [1.54, 1.807) is 28.9 Å². The van der Waals surface area contributed by atoms with Crippen molar-refractivity contribution < 1.29 is 33.0 Å². The number of likely N-dealkylation sites (N-methyl/N-ethyl adjacent to an activating group) is 1. The zero-order valence-corrected chi connectivity index (χ0v) is 29.9. The minimum Gasteiger partial charge on any atom is -0.445 e. The standard InChI is InChI=1S/C39H48FN5O6/c1-26(43(5)38(49)51-25-28-14-10-7-11-15-28)35(46)42-34(39(2,3)4)36(47)44-21-20-31-33(44)32(50-24-29-16-18-30(40)19-17-29)23-45(31)37(48)41-22-27-12-8-6-9-13-27/h6-19,26,31-34H,20-25H2,1-5H3,(H,41,48)(H,42,46)/t26-,31+,32-,33-,34?/m0/s1. The van der Waals surface area contributed by atoms with Crippen LogP contribution in [-0.2, 0) is 38.8 Å². The van der Waals surface area contributed by atoms with Crippen molar-refractivity contribution in [2.45, 2.75) is 84.1 Å². The molecule has 0 aromatic heterocycles. The Hall–Kier alpha value is -4.97. The van der Waals surface area contributed by atoms with Gasteiger partial charge in [0.1, 0.15) is 24.5 Å². The van der Waals surface area contributed by atoms with Crippen LogP contribution >= 0.6 is 0 Å². The third kappa shape index (κ3) is 9.23. The van der Waals surface area contributed by atoms with Crippen molar-refractivity contribution in [2.24, 2.45) is 5.41 Å². The Labute approximate surface area is 299 Å². The highest BCUT2D eigenvalue weighted by Gasteiger charge is 2.54. The minimum atomic E-state index is -0.946. The Bertz CT molecular complexity index is 1650. The molecule has 0 spiro atoms. The quantitative estimate of drug-likeness (QED) is 0.288. The van der Waals surface area contributed by atoms with Crippen LogP contribution in [0.4, 0.5) is 14.0 Å². The molecule has 5 rings (SSSR count). The van der Waals surface area contributed by atoms with Gasteiger partial charge >= 0.3 is 12.1 Å². The van der Waals surface area contributed by atoms with Gasteiger partial charge in [-0.2, -0.15) is 0 Å². The Morgan fingerprint density at radius 2 is 1.49 bits per heavy atom. The molecule has 3 aromatic carbocycles. The van der Waals surface area contributed by atoms with Crippen LogP contribution in [0.15, 0.2) is 84.9 Å². The molecular formula is C39H48FN5O6. The third-order valence-electron chi connectivity index (χ3n) is 9.64. The van der Waals surface area contributed by atoms with Gasteiger partial charge in [-0.1, -0.05) is 93.6 Å². The van der Waals surface area contributed by atoms with E-state index in [0.29, 0.717) is 19.5 Å². The fourth-order valence-corrected chi connectivity index (χ4v) is 6.56. The highest BCUT2D eigenvalue weighted by Crippen LogP contribution is 2.36. The molecule has 272 valence electrons. The molecular weight excluding hydrogens is 653 g/mol. The fraction of sp³-hybridized carbons (Fsp3) is 0.436. The number of hydrogen-bond acceptors (Lipinski definition) is 6. The average molecular weight is 702 g/mol. The van der Waals surface area contributed by atoms with E-state index >= 15 is 0 Å². The van der Waals surface area contributed by atoms with E-state index in [-0.39, 0.29) is 43.6 Å². The molecule has 1 unspecified atom stereocenters. The Kier molecular flexibility index (Phi) is 12.0. The number of ether oxygens (including phenoxy) is 2. The number of likely N-dealkylation sites (tertiary alicyclic amines) is 2. The van der Waals surface area contributed by atoms with E-state index in [0.717, 1.165) is 16.7 Å². The summed E-state index contributed by atoms with van der Waals surface area (Å²) in [7, 11) is 1.48. The largest absolute Gasteiger partial charge is 0.445 e. The number of fused-ring (bicyclic) bond motifs is 1. The number of halogens is 1. The summed E-state index contributed by atoms with van der Waals surface area (Å²) in [6.07, 6.45) is -0.669. The number of carbonyl (C=O) groups excluding carboxylic acids is 4. The molecule has 2 aliphatic heterocycles. The number of nitrogens with one attached hydrogen (secondary N) is 2. The van der Waals surface area contributed by atoms with Crippen LogP contribution in [0.25, 0.3) is 0 Å². The van der Waals surface area contributed by atoms with Crippen molar-refractivity contribution in [3.05, 3.63) is 107 Å². The monoisotopic (exact) mass is 701 g/mol. The van der Waals surface area contributed by atoms with Crippen molar-refractivity contribution in [1.82, 2.24) is 25.3 Å². The van der Waals surface area contributed by atoms with Gasteiger partial charge in [-0.25, -0.2) is 14.0 Å². The van der Waals surface area contributed by atoms with Crippen LogP contribution in [0.1, 0.15) is 50.8 Å². The van der Waals surface area contributed by atoms with Crippen molar-refractivity contribution in [3.8, 4) is 0 Å².